The summed E-state index contributed by atoms with van der Waals surface area (Å²) in [5.41, 5.74) is -0.778. The average Bonchev–Trinajstić information content (AvgIpc) is 3.26. The third kappa shape index (κ3) is 4.40. The molecule has 1 aromatic carbocycles. The van der Waals surface area contributed by atoms with Crippen molar-refractivity contribution in [3.63, 3.8) is 0 Å². The highest BCUT2D eigenvalue weighted by atomic mass is 19.4. The Morgan fingerprint density at radius 1 is 1.00 bits per heavy atom. The highest BCUT2D eigenvalue weighted by Crippen LogP contribution is 2.32. The number of hydrogen-bond acceptors (Lipinski definition) is 5. The molecule has 0 saturated carbocycles. The van der Waals surface area contributed by atoms with Gasteiger partial charge in [0.05, 0.1) is 12.6 Å². The second-order valence-electron chi connectivity index (χ2n) is 8.25. The first-order valence-electron chi connectivity index (χ1n) is 10.8. The number of pyridine rings is 2. The van der Waals surface area contributed by atoms with Crippen molar-refractivity contribution in [3.8, 4) is 11.1 Å². The van der Waals surface area contributed by atoms with Crippen LogP contribution < -0.4 is 10.2 Å². The van der Waals surface area contributed by atoms with E-state index in [1.165, 1.54) is 33.8 Å². The molecule has 36 heavy (non-hydrogen) atoms. The van der Waals surface area contributed by atoms with Crippen LogP contribution in [0.2, 0.25) is 0 Å². The number of fused-ring (bicyclic) bond motifs is 1. The van der Waals surface area contributed by atoms with E-state index in [0.717, 1.165) is 24.4 Å². The molecule has 5 rings (SSSR count). The molecule has 4 heterocycles. The Bertz CT molecular complexity index is 1420. The van der Waals surface area contributed by atoms with Gasteiger partial charge in [0.25, 0.3) is 0 Å². The number of nitrogens with zero attached hydrogens (tertiary/aromatic N) is 5. The maximum Gasteiger partial charge on any atom is 0.433 e. The first-order valence-corrected chi connectivity index (χ1v) is 10.8. The van der Waals surface area contributed by atoms with Crippen LogP contribution in [0.15, 0.2) is 48.8 Å². The largest absolute Gasteiger partial charge is 0.433 e. The molecular weight excluding hydrogens is 493 g/mol. The molecule has 188 valence electrons. The molecule has 2 atom stereocenters. The van der Waals surface area contributed by atoms with Crippen molar-refractivity contribution in [2.75, 3.05) is 23.3 Å². The zero-order valence-corrected chi connectivity index (χ0v) is 18.3. The van der Waals surface area contributed by atoms with Crippen molar-refractivity contribution in [1.29, 1.82) is 0 Å². The number of hydrogen-bond donors (Lipinski definition) is 1. The average molecular weight is 510 g/mol. The van der Waals surface area contributed by atoms with Crippen molar-refractivity contribution < 1.29 is 30.7 Å². The van der Waals surface area contributed by atoms with Gasteiger partial charge < -0.3 is 10.2 Å². The molecule has 0 spiro atoms. The van der Waals surface area contributed by atoms with E-state index in [1.807, 2.05) is 0 Å². The predicted octanol–water partition coefficient (Wildman–Crippen LogP) is 5.26. The van der Waals surface area contributed by atoms with Gasteiger partial charge in [-0.25, -0.2) is 22.1 Å². The van der Waals surface area contributed by atoms with E-state index >= 15 is 4.39 Å². The molecule has 1 N–H and O–H groups in total. The fourth-order valence-electron chi connectivity index (χ4n) is 4.15. The standard InChI is InChI=1S/C23H17F7N6/c24-15-4-3-13(19(26)20(15)27)14-2-1-8-36-21(14)33-22(34-36)32-17-6-9-35(11-16(17)25)12-5-7-31-18(10-12)23(28,29)30/h1-5,7-8,10,16-17H,6,9,11H2,(H,32,34). The quantitative estimate of drug-likeness (QED) is 0.300. The maximum atomic E-state index is 15.0. The molecule has 0 bridgehead atoms. The third-order valence-corrected chi connectivity index (χ3v) is 5.94. The molecule has 0 amide bonds. The first kappa shape index (κ1) is 23.8. The molecule has 1 saturated heterocycles. The summed E-state index contributed by atoms with van der Waals surface area (Å²) < 4.78 is 96.7. The lowest BCUT2D eigenvalue weighted by Crippen LogP contribution is -2.48. The van der Waals surface area contributed by atoms with E-state index in [9.17, 15) is 26.3 Å². The number of aromatic nitrogens is 4. The van der Waals surface area contributed by atoms with Crippen molar-refractivity contribution >= 4 is 17.3 Å². The first-order chi connectivity index (χ1) is 17.1. The Hall–Kier alpha value is -3.90. The van der Waals surface area contributed by atoms with Crippen LogP contribution in [0.3, 0.4) is 0 Å². The number of benzene rings is 1. The molecule has 3 aromatic heterocycles. The van der Waals surface area contributed by atoms with Crippen molar-refractivity contribution in [3.05, 3.63) is 71.9 Å². The van der Waals surface area contributed by atoms with Crippen LogP contribution in [0.1, 0.15) is 12.1 Å². The van der Waals surface area contributed by atoms with Crippen molar-refractivity contribution in [2.24, 2.45) is 0 Å². The van der Waals surface area contributed by atoms with E-state index < -0.39 is 41.5 Å². The summed E-state index contributed by atoms with van der Waals surface area (Å²) in [6.45, 7) is 0.0930. The van der Waals surface area contributed by atoms with E-state index in [-0.39, 0.29) is 47.9 Å². The lowest BCUT2D eigenvalue weighted by molar-refractivity contribution is -0.141. The predicted molar refractivity (Wildman–Crippen MR) is 117 cm³/mol. The lowest BCUT2D eigenvalue weighted by atomic mass is 10.0. The van der Waals surface area contributed by atoms with Gasteiger partial charge in [0.15, 0.2) is 23.1 Å². The van der Waals surface area contributed by atoms with Crippen LogP contribution in [0.4, 0.5) is 42.4 Å². The number of piperidine rings is 1. The minimum atomic E-state index is -4.61. The molecule has 1 aliphatic heterocycles. The van der Waals surface area contributed by atoms with Gasteiger partial charge in [-0.15, -0.1) is 5.10 Å². The van der Waals surface area contributed by atoms with E-state index in [2.05, 4.69) is 20.4 Å². The van der Waals surface area contributed by atoms with Crippen molar-refractivity contribution in [2.45, 2.75) is 24.8 Å². The monoisotopic (exact) mass is 510 g/mol. The Balaban J connectivity index is 1.35. The van der Waals surface area contributed by atoms with Crippen LogP contribution in [-0.2, 0) is 6.18 Å². The number of halogens is 7. The molecule has 13 heteroatoms. The summed E-state index contributed by atoms with van der Waals surface area (Å²) in [5.74, 6) is -4.29. The Kier molecular flexibility index (Phi) is 5.92. The minimum absolute atomic E-state index is 0.0230. The van der Waals surface area contributed by atoms with Crippen LogP contribution >= 0.6 is 0 Å². The van der Waals surface area contributed by atoms with Gasteiger partial charge in [0.2, 0.25) is 5.95 Å². The third-order valence-electron chi connectivity index (χ3n) is 5.94. The van der Waals surface area contributed by atoms with Gasteiger partial charge in [0, 0.05) is 35.8 Å². The summed E-state index contributed by atoms with van der Waals surface area (Å²) in [7, 11) is 0. The zero-order chi connectivity index (χ0) is 25.6. The Morgan fingerprint density at radius 2 is 1.81 bits per heavy atom. The van der Waals surface area contributed by atoms with E-state index in [0.29, 0.717) is 0 Å². The SMILES string of the molecule is Fc1ccc(-c2cccn3nc(NC4CCN(c5ccnc(C(F)(F)F)c5)CC4F)nc23)c(F)c1F. The molecule has 6 nitrogen and oxygen atoms in total. The van der Waals surface area contributed by atoms with Gasteiger partial charge >= 0.3 is 6.18 Å². The molecule has 0 aliphatic carbocycles. The van der Waals surface area contributed by atoms with Crippen LogP contribution in [0.5, 0.6) is 0 Å². The van der Waals surface area contributed by atoms with Gasteiger partial charge in [-0.2, -0.15) is 18.2 Å². The molecule has 1 aliphatic rings. The van der Waals surface area contributed by atoms with Gasteiger partial charge in [-0.1, -0.05) is 0 Å². The van der Waals surface area contributed by atoms with Crippen LogP contribution in [0.25, 0.3) is 16.8 Å². The van der Waals surface area contributed by atoms with Crippen molar-refractivity contribution in [1.82, 2.24) is 19.6 Å². The smallest absolute Gasteiger partial charge is 0.368 e. The molecule has 1 fully saturated rings. The fraction of sp³-hybridized carbons (Fsp3) is 0.261. The van der Waals surface area contributed by atoms with Gasteiger partial charge in [0.1, 0.15) is 11.9 Å². The van der Waals surface area contributed by atoms with E-state index in [4.69, 9.17) is 0 Å². The van der Waals surface area contributed by atoms with E-state index in [1.54, 1.807) is 0 Å². The highest BCUT2D eigenvalue weighted by Gasteiger charge is 2.34. The lowest BCUT2D eigenvalue weighted by Gasteiger charge is -2.36. The zero-order valence-electron chi connectivity index (χ0n) is 18.3. The number of nitrogens with one attached hydrogen (secondary N) is 1. The summed E-state index contributed by atoms with van der Waals surface area (Å²) in [6.07, 6.45) is -3.32. The van der Waals surface area contributed by atoms with Gasteiger partial charge in [-0.3, -0.25) is 4.98 Å². The summed E-state index contributed by atoms with van der Waals surface area (Å²) in [4.78, 5) is 9.09. The minimum Gasteiger partial charge on any atom is -0.368 e. The second-order valence-corrected chi connectivity index (χ2v) is 8.25. The summed E-state index contributed by atoms with van der Waals surface area (Å²) in [6, 6.07) is 6.38. The molecule has 2 unspecified atom stereocenters. The summed E-state index contributed by atoms with van der Waals surface area (Å²) in [5, 5.41) is 7.08. The second kappa shape index (κ2) is 8.95. The Morgan fingerprint density at radius 3 is 2.56 bits per heavy atom. The molecule has 0 radical (unpaired) electrons. The normalized spacial score (nSPS) is 18.6. The molecule has 4 aromatic rings. The van der Waals surface area contributed by atoms with Crippen LogP contribution in [-0.4, -0.2) is 44.9 Å². The fourth-order valence-corrected chi connectivity index (χ4v) is 4.15. The number of rotatable bonds is 4. The van der Waals surface area contributed by atoms with Crippen LogP contribution in [0, 0.1) is 17.5 Å². The molecular formula is C23H17F7N6. The maximum absolute atomic E-state index is 15.0. The number of anilines is 2. The number of alkyl halides is 4. The topological polar surface area (TPSA) is 58.4 Å². The Labute approximate surface area is 199 Å². The summed E-state index contributed by atoms with van der Waals surface area (Å²) >= 11 is 0. The highest BCUT2D eigenvalue weighted by molar-refractivity contribution is 5.78. The van der Waals surface area contributed by atoms with Gasteiger partial charge in [-0.05, 0) is 42.8 Å².